The second-order valence-electron chi connectivity index (χ2n) is 6.17. The fourth-order valence-electron chi connectivity index (χ4n) is 2.64. The number of carbonyl (C=O) groups excluding carboxylic acids is 1. The summed E-state index contributed by atoms with van der Waals surface area (Å²) in [7, 11) is 1.70. The Balaban J connectivity index is 1.59. The van der Waals surface area contributed by atoms with Gasteiger partial charge >= 0.3 is 0 Å². The van der Waals surface area contributed by atoms with E-state index in [9.17, 15) is 4.79 Å². The maximum absolute atomic E-state index is 10.8. The van der Waals surface area contributed by atoms with Crippen LogP contribution in [0.25, 0.3) is 0 Å². The van der Waals surface area contributed by atoms with Gasteiger partial charge in [-0.2, -0.15) is 0 Å². The molecule has 0 aromatic heterocycles. The van der Waals surface area contributed by atoms with Gasteiger partial charge in [-0.1, -0.05) is 12.1 Å². The SMILES string of the molecule is CN=C(NCc1cccc(OCC(N)=O)c1)Nc1ccc2c(c1)OCCCO2. The van der Waals surface area contributed by atoms with Gasteiger partial charge in [0.05, 0.1) is 13.2 Å². The predicted molar refractivity (Wildman–Crippen MR) is 107 cm³/mol. The average Bonchev–Trinajstić information content (AvgIpc) is 2.95. The van der Waals surface area contributed by atoms with Gasteiger partial charge in [-0.3, -0.25) is 9.79 Å². The fourth-order valence-corrected chi connectivity index (χ4v) is 2.64. The van der Waals surface area contributed by atoms with Gasteiger partial charge in [0.25, 0.3) is 5.91 Å². The Labute approximate surface area is 163 Å². The number of nitrogens with zero attached hydrogens (tertiary/aromatic N) is 1. The molecule has 28 heavy (non-hydrogen) atoms. The van der Waals surface area contributed by atoms with Crippen LogP contribution in [-0.4, -0.2) is 38.7 Å². The fraction of sp³-hybridized carbons (Fsp3) is 0.300. The minimum absolute atomic E-state index is 0.149. The number of nitrogens with one attached hydrogen (secondary N) is 2. The maximum atomic E-state index is 10.8. The van der Waals surface area contributed by atoms with Crippen LogP contribution in [0.15, 0.2) is 47.5 Å². The van der Waals surface area contributed by atoms with E-state index in [1.165, 1.54) is 0 Å². The Hall–Kier alpha value is -3.42. The highest BCUT2D eigenvalue weighted by molar-refractivity contribution is 5.93. The van der Waals surface area contributed by atoms with Crippen LogP contribution in [0.5, 0.6) is 17.2 Å². The number of nitrogens with two attached hydrogens (primary N) is 1. The quantitative estimate of drug-likeness (QED) is 0.519. The third-order valence-corrected chi connectivity index (χ3v) is 3.97. The maximum Gasteiger partial charge on any atom is 0.255 e. The number of guanidine groups is 1. The lowest BCUT2D eigenvalue weighted by Gasteiger charge is -2.14. The summed E-state index contributed by atoms with van der Waals surface area (Å²) in [5.74, 6) is 2.15. The van der Waals surface area contributed by atoms with Gasteiger partial charge in [-0.05, 0) is 29.8 Å². The van der Waals surface area contributed by atoms with Crippen molar-refractivity contribution in [2.45, 2.75) is 13.0 Å². The lowest BCUT2D eigenvalue weighted by atomic mass is 10.2. The molecule has 1 amide bonds. The van der Waals surface area contributed by atoms with E-state index in [0.29, 0.717) is 31.5 Å². The molecule has 148 valence electrons. The van der Waals surface area contributed by atoms with Crippen LogP contribution in [0.4, 0.5) is 5.69 Å². The summed E-state index contributed by atoms with van der Waals surface area (Å²) in [6.07, 6.45) is 0.864. The van der Waals surface area contributed by atoms with Crippen molar-refractivity contribution in [1.29, 1.82) is 0 Å². The Morgan fingerprint density at radius 3 is 2.79 bits per heavy atom. The second kappa shape index (κ2) is 9.50. The number of hydrogen-bond acceptors (Lipinski definition) is 5. The minimum atomic E-state index is -0.511. The van der Waals surface area contributed by atoms with E-state index in [2.05, 4.69) is 15.6 Å². The van der Waals surface area contributed by atoms with Crippen LogP contribution >= 0.6 is 0 Å². The summed E-state index contributed by atoms with van der Waals surface area (Å²) < 4.78 is 16.7. The normalized spacial score (nSPS) is 13.4. The first-order chi connectivity index (χ1) is 13.6. The molecule has 0 spiro atoms. The number of carbonyl (C=O) groups is 1. The highest BCUT2D eigenvalue weighted by Crippen LogP contribution is 2.32. The van der Waals surface area contributed by atoms with E-state index in [0.717, 1.165) is 29.2 Å². The summed E-state index contributed by atoms with van der Waals surface area (Å²) in [6, 6.07) is 13.1. The van der Waals surface area contributed by atoms with Gasteiger partial charge in [0, 0.05) is 31.8 Å². The van der Waals surface area contributed by atoms with Crippen molar-refractivity contribution >= 4 is 17.6 Å². The van der Waals surface area contributed by atoms with Crippen molar-refractivity contribution in [3.63, 3.8) is 0 Å². The number of amides is 1. The highest BCUT2D eigenvalue weighted by Gasteiger charge is 2.11. The third kappa shape index (κ3) is 5.54. The van der Waals surface area contributed by atoms with Gasteiger partial charge in [0.1, 0.15) is 5.75 Å². The van der Waals surface area contributed by atoms with Crippen molar-refractivity contribution in [1.82, 2.24) is 5.32 Å². The number of rotatable bonds is 6. The summed E-state index contributed by atoms with van der Waals surface area (Å²) in [6.45, 7) is 1.67. The van der Waals surface area contributed by atoms with Gasteiger partial charge in [0.15, 0.2) is 24.1 Å². The zero-order chi connectivity index (χ0) is 19.8. The topological polar surface area (TPSA) is 107 Å². The Kier molecular flexibility index (Phi) is 6.56. The van der Waals surface area contributed by atoms with Crippen molar-refractivity contribution < 1.29 is 19.0 Å². The van der Waals surface area contributed by atoms with Crippen LogP contribution in [-0.2, 0) is 11.3 Å². The number of benzene rings is 2. The second-order valence-corrected chi connectivity index (χ2v) is 6.17. The third-order valence-electron chi connectivity index (χ3n) is 3.97. The number of ether oxygens (including phenoxy) is 3. The molecule has 8 heteroatoms. The summed E-state index contributed by atoms with van der Waals surface area (Å²) in [5.41, 5.74) is 6.92. The standard InChI is InChI=1S/C20H24N4O4/c1-22-20(23-12-14-4-2-5-16(10-14)28-13-19(21)25)24-15-6-7-17-18(11-15)27-9-3-8-26-17/h2,4-7,10-11H,3,8-9,12-13H2,1H3,(H2,21,25)(H2,22,23,24). The number of hydrogen-bond donors (Lipinski definition) is 3. The molecule has 0 atom stereocenters. The molecule has 2 aromatic rings. The molecule has 0 unspecified atom stereocenters. The molecule has 1 aliphatic rings. The van der Waals surface area contributed by atoms with Gasteiger partial charge in [-0.25, -0.2) is 0 Å². The molecule has 3 rings (SSSR count). The largest absolute Gasteiger partial charge is 0.490 e. The summed E-state index contributed by atoms with van der Waals surface area (Å²) in [4.78, 5) is 15.1. The number of fused-ring (bicyclic) bond motifs is 1. The lowest BCUT2D eigenvalue weighted by molar-refractivity contribution is -0.119. The van der Waals surface area contributed by atoms with E-state index in [1.54, 1.807) is 13.1 Å². The molecule has 2 aromatic carbocycles. The van der Waals surface area contributed by atoms with Gasteiger partial charge in [0.2, 0.25) is 0 Å². The molecular formula is C20H24N4O4. The smallest absolute Gasteiger partial charge is 0.255 e. The minimum Gasteiger partial charge on any atom is -0.490 e. The van der Waals surface area contributed by atoms with Crippen LogP contribution < -0.4 is 30.6 Å². The van der Waals surface area contributed by atoms with E-state index in [4.69, 9.17) is 19.9 Å². The zero-order valence-electron chi connectivity index (χ0n) is 15.7. The predicted octanol–water partition coefficient (Wildman–Crippen LogP) is 1.90. The van der Waals surface area contributed by atoms with Crippen molar-refractivity contribution in [2.24, 2.45) is 10.7 Å². The molecule has 0 bridgehead atoms. The number of aliphatic imine (C=N–C) groups is 1. The van der Waals surface area contributed by atoms with E-state index >= 15 is 0 Å². The first-order valence-electron chi connectivity index (χ1n) is 9.01. The van der Waals surface area contributed by atoms with Crippen molar-refractivity contribution in [3.05, 3.63) is 48.0 Å². The number of anilines is 1. The van der Waals surface area contributed by atoms with E-state index in [1.807, 2.05) is 36.4 Å². The van der Waals surface area contributed by atoms with Crippen molar-refractivity contribution in [2.75, 3.05) is 32.2 Å². The van der Waals surface area contributed by atoms with Crippen LogP contribution in [0.2, 0.25) is 0 Å². The average molecular weight is 384 g/mol. The Morgan fingerprint density at radius 2 is 2.00 bits per heavy atom. The van der Waals surface area contributed by atoms with E-state index < -0.39 is 5.91 Å². The van der Waals surface area contributed by atoms with Crippen LogP contribution in [0, 0.1) is 0 Å². The molecule has 1 heterocycles. The van der Waals surface area contributed by atoms with Crippen LogP contribution in [0.1, 0.15) is 12.0 Å². The van der Waals surface area contributed by atoms with Gasteiger partial charge < -0.3 is 30.6 Å². The lowest BCUT2D eigenvalue weighted by Crippen LogP contribution is -2.30. The Bertz CT molecular complexity index is 854. The molecule has 0 radical (unpaired) electrons. The zero-order valence-corrected chi connectivity index (χ0v) is 15.7. The summed E-state index contributed by atoms with van der Waals surface area (Å²) in [5, 5.41) is 6.47. The summed E-state index contributed by atoms with van der Waals surface area (Å²) >= 11 is 0. The van der Waals surface area contributed by atoms with Crippen LogP contribution in [0.3, 0.4) is 0 Å². The molecule has 4 N–H and O–H groups in total. The van der Waals surface area contributed by atoms with Crippen molar-refractivity contribution in [3.8, 4) is 17.2 Å². The Morgan fingerprint density at radius 1 is 1.18 bits per heavy atom. The molecule has 0 fully saturated rings. The molecule has 8 nitrogen and oxygen atoms in total. The van der Waals surface area contributed by atoms with E-state index in [-0.39, 0.29) is 6.61 Å². The first kappa shape index (κ1) is 19.3. The molecule has 0 saturated carbocycles. The molecular weight excluding hydrogens is 360 g/mol. The van der Waals surface area contributed by atoms with Gasteiger partial charge in [-0.15, -0.1) is 0 Å². The number of primary amides is 1. The molecule has 0 saturated heterocycles. The first-order valence-corrected chi connectivity index (χ1v) is 9.01. The highest BCUT2D eigenvalue weighted by atomic mass is 16.5. The molecule has 0 aliphatic carbocycles. The molecule has 1 aliphatic heterocycles. The monoisotopic (exact) mass is 384 g/mol.